The summed E-state index contributed by atoms with van der Waals surface area (Å²) < 4.78 is 5.36. The molecule has 2 aliphatic heterocycles. The van der Waals surface area contributed by atoms with Gasteiger partial charge >= 0.3 is 0 Å². The highest BCUT2D eigenvalue weighted by Gasteiger charge is 2.28. The van der Waals surface area contributed by atoms with E-state index in [1.54, 1.807) is 6.07 Å². The third kappa shape index (κ3) is 4.89. The lowest BCUT2D eigenvalue weighted by Crippen LogP contribution is -2.36. The van der Waals surface area contributed by atoms with Gasteiger partial charge in [0.25, 0.3) is 11.8 Å². The normalized spacial score (nSPS) is 17.6. The minimum atomic E-state index is -0.262. The van der Waals surface area contributed by atoms with Gasteiger partial charge in [-0.3, -0.25) is 19.8 Å². The number of hydrogen-bond acceptors (Lipinski definition) is 4. The molecule has 1 aromatic carbocycles. The molecule has 1 N–H and O–H groups in total. The minimum Gasteiger partial charge on any atom is -0.379 e. The van der Waals surface area contributed by atoms with Crippen LogP contribution in [-0.2, 0) is 11.2 Å². The number of amides is 2. The molecule has 0 saturated carbocycles. The summed E-state index contributed by atoms with van der Waals surface area (Å²) in [5, 5.41) is 2.38. The first-order valence-electron chi connectivity index (χ1n) is 9.53. The van der Waals surface area contributed by atoms with E-state index in [-0.39, 0.29) is 11.8 Å². The molecule has 2 amide bonds. The molecule has 2 heterocycles. The van der Waals surface area contributed by atoms with E-state index in [1.807, 2.05) is 12.1 Å². The highest BCUT2D eigenvalue weighted by Crippen LogP contribution is 2.22. The van der Waals surface area contributed by atoms with Crippen LogP contribution < -0.4 is 5.32 Å². The van der Waals surface area contributed by atoms with Crippen molar-refractivity contribution in [3.63, 3.8) is 0 Å². The number of aryl methyl sites for hydroxylation is 1. The molecule has 136 valence electrons. The number of morpholine rings is 1. The quantitative estimate of drug-likeness (QED) is 0.553. The van der Waals surface area contributed by atoms with Gasteiger partial charge in [0.15, 0.2) is 0 Å². The van der Waals surface area contributed by atoms with Crippen molar-refractivity contribution in [2.75, 3.05) is 32.8 Å². The molecule has 0 aliphatic carbocycles. The molecule has 0 unspecified atom stereocenters. The van der Waals surface area contributed by atoms with Crippen molar-refractivity contribution in [3.05, 3.63) is 34.9 Å². The van der Waals surface area contributed by atoms with Gasteiger partial charge in [-0.1, -0.05) is 37.8 Å². The smallest absolute Gasteiger partial charge is 0.259 e. The van der Waals surface area contributed by atoms with Crippen LogP contribution >= 0.6 is 0 Å². The molecule has 5 nitrogen and oxygen atoms in total. The van der Waals surface area contributed by atoms with E-state index in [1.165, 1.54) is 38.6 Å². The van der Waals surface area contributed by atoms with E-state index < -0.39 is 0 Å². The monoisotopic (exact) mass is 344 g/mol. The summed E-state index contributed by atoms with van der Waals surface area (Å²) in [4.78, 5) is 26.1. The first kappa shape index (κ1) is 18.1. The largest absolute Gasteiger partial charge is 0.379 e. The van der Waals surface area contributed by atoms with Crippen LogP contribution in [0.5, 0.6) is 0 Å². The molecule has 1 saturated heterocycles. The van der Waals surface area contributed by atoms with Gasteiger partial charge in [0.05, 0.1) is 24.3 Å². The molecule has 0 spiro atoms. The number of benzene rings is 1. The van der Waals surface area contributed by atoms with Crippen LogP contribution in [0.1, 0.15) is 64.8 Å². The second-order valence-electron chi connectivity index (χ2n) is 6.95. The SMILES string of the molecule is O=C1NC(=O)c2c(CCCCCCCCN3CCOCC3)cccc21. The van der Waals surface area contributed by atoms with Crippen molar-refractivity contribution >= 4 is 11.8 Å². The highest BCUT2D eigenvalue weighted by atomic mass is 16.5. The second-order valence-corrected chi connectivity index (χ2v) is 6.95. The molecule has 0 atom stereocenters. The Labute approximate surface area is 149 Å². The van der Waals surface area contributed by atoms with E-state index in [9.17, 15) is 9.59 Å². The average molecular weight is 344 g/mol. The first-order valence-corrected chi connectivity index (χ1v) is 9.53. The van der Waals surface area contributed by atoms with E-state index in [0.29, 0.717) is 11.1 Å². The summed E-state index contributed by atoms with van der Waals surface area (Å²) in [5.41, 5.74) is 2.14. The number of fused-ring (bicyclic) bond motifs is 1. The van der Waals surface area contributed by atoms with Crippen LogP contribution in [0.3, 0.4) is 0 Å². The van der Waals surface area contributed by atoms with Gasteiger partial charge in [-0.05, 0) is 37.4 Å². The summed E-state index contributed by atoms with van der Waals surface area (Å²) in [5.74, 6) is -0.499. The topological polar surface area (TPSA) is 58.6 Å². The Morgan fingerprint density at radius 1 is 0.920 bits per heavy atom. The Morgan fingerprint density at radius 2 is 1.64 bits per heavy atom. The summed E-state index contributed by atoms with van der Waals surface area (Å²) in [6.45, 7) is 5.12. The lowest BCUT2D eigenvalue weighted by atomic mass is 9.97. The van der Waals surface area contributed by atoms with E-state index in [2.05, 4.69) is 10.2 Å². The zero-order valence-electron chi connectivity index (χ0n) is 14.9. The van der Waals surface area contributed by atoms with Crippen LogP contribution in [0.2, 0.25) is 0 Å². The van der Waals surface area contributed by atoms with Gasteiger partial charge < -0.3 is 4.74 Å². The minimum absolute atomic E-state index is 0.237. The Bertz CT molecular complexity index is 609. The first-order chi connectivity index (χ1) is 12.3. The molecule has 5 heteroatoms. The molecule has 0 radical (unpaired) electrons. The number of ether oxygens (including phenoxy) is 1. The van der Waals surface area contributed by atoms with Gasteiger partial charge in [0.1, 0.15) is 0 Å². The van der Waals surface area contributed by atoms with Gasteiger partial charge in [0, 0.05) is 13.1 Å². The average Bonchev–Trinajstić information content (AvgIpc) is 2.93. The number of nitrogens with zero attached hydrogens (tertiary/aromatic N) is 1. The van der Waals surface area contributed by atoms with Crippen molar-refractivity contribution in [1.82, 2.24) is 10.2 Å². The summed E-state index contributed by atoms with van der Waals surface area (Å²) in [6, 6.07) is 5.57. The standard InChI is InChI=1S/C20H28N2O3/c23-19-17-10-7-9-16(18(17)20(24)21-19)8-5-3-1-2-4-6-11-22-12-14-25-15-13-22/h7,9-10H,1-6,8,11-15H2,(H,21,23,24). The molecule has 0 bridgehead atoms. The van der Waals surface area contributed by atoms with Crippen LogP contribution in [0, 0.1) is 0 Å². The van der Waals surface area contributed by atoms with Gasteiger partial charge in [0.2, 0.25) is 0 Å². The molecular weight excluding hydrogens is 316 g/mol. The van der Waals surface area contributed by atoms with Crippen molar-refractivity contribution in [1.29, 1.82) is 0 Å². The zero-order chi connectivity index (χ0) is 17.5. The lowest BCUT2D eigenvalue weighted by Gasteiger charge is -2.26. The predicted octanol–water partition coefficient (Wildman–Crippen LogP) is 2.79. The zero-order valence-corrected chi connectivity index (χ0v) is 14.9. The fourth-order valence-corrected chi connectivity index (χ4v) is 3.68. The van der Waals surface area contributed by atoms with Crippen molar-refractivity contribution < 1.29 is 14.3 Å². The number of nitrogens with one attached hydrogen (secondary N) is 1. The fourth-order valence-electron chi connectivity index (χ4n) is 3.68. The molecule has 0 aromatic heterocycles. The van der Waals surface area contributed by atoms with Crippen LogP contribution in [-0.4, -0.2) is 49.6 Å². The molecule has 25 heavy (non-hydrogen) atoms. The number of carbonyl (C=O) groups is 2. The number of imide groups is 1. The van der Waals surface area contributed by atoms with Crippen molar-refractivity contribution in [2.24, 2.45) is 0 Å². The third-order valence-corrected chi connectivity index (χ3v) is 5.12. The maximum absolute atomic E-state index is 11.9. The summed E-state index contributed by atoms with van der Waals surface area (Å²) >= 11 is 0. The van der Waals surface area contributed by atoms with Gasteiger partial charge in [-0.2, -0.15) is 0 Å². The second kappa shape index (κ2) is 9.11. The Kier molecular flexibility index (Phi) is 6.59. The molecule has 2 aliphatic rings. The number of rotatable bonds is 9. The molecule has 3 rings (SSSR count). The van der Waals surface area contributed by atoms with E-state index >= 15 is 0 Å². The predicted molar refractivity (Wildman–Crippen MR) is 96.9 cm³/mol. The Balaban J connectivity index is 1.29. The number of unbranched alkanes of at least 4 members (excludes halogenated alkanes) is 5. The third-order valence-electron chi connectivity index (χ3n) is 5.12. The highest BCUT2D eigenvalue weighted by molar-refractivity contribution is 6.22. The molecule has 1 aromatic rings. The summed E-state index contributed by atoms with van der Waals surface area (Å²) in [6.07, 6.45) is 8.19. The van der Waals surface area contributed by atoms with Crippen LogP contribution in [0.4, 0.5) is 0 Å². The summed E-state index contributed by atoms with van der Waals surface area (Å²) in [7, 11) is 0. The Hall–Kier alpha value is -1.72. The van der Waals surface area contributed by atoms with Crippen molar-refractivity contribution in [3.8, 4) is 0 Å². The van der Waals surface area contributed by atoms with Gasteiger partial charge in [-0.15, -0.1) is 0 Å². The van der Waals surface area contributed by atoms with E-state index in [4.69, 9.17) is 4.74 Å². The maximum Gasteiger partial charge on any atom is 0.259 e. The molecule has 1 fully saturated rings. The van der Waals surface area contributed by atoms with Crippen molar-refractivity contribution in [2.45, 2.75) is 44.9 Å². The van der Waals surface area contributed by atoms with E-state index in [0.717, 1.165) is 44.7 Å². The van der Waals surface area contributed by atoms with Crippen LogP contribution in [0.25, 0.3) is 0 Å². The number of carbonyl (C=O) groups excluding carboxylic acids is 2. The van der Waals surface area contributed by atoms with Gasteiger partial charge in [-0.25, -0.2) is 0 Å². The lowest BCUT2D eigenvalue weighted by molar-refractivity contribution is 0.0371. The Morgan fingerprint density at radius 3 is 2.44 bits per heavy atom. The van der Waals surface area contributed by atoms with Crippen LogP contribution in [0.15, 0.2) is 18.2 Å². The number of hydrogen-bond donors (Lipinski definition) is 1. The molecular formula is C20H28N2O3. The fraction of sp³-hybridized carbons (Fsp3) is 0.600. The maximum atomic E-state index is 11.9.